The lowest BCUT2D eigenvalue weighted by Crippen LogP contribution is -2.30. The second-order valence-electron chi connectivity index (χ2n) is 5.90. The summed E-state index contributed by atoms with van der Waals surface area (Å²) in [6, 6.07) is 15.1. The predicted octanol–water partition coefficient (Wildman–Crippen LogP) is 2.22. The number of fused-ring (bicyclic) bond motifs is 1. The zero-order chi connectivity index (χ0) is 17.6. The maximum atomic E-state index is 12.0. The molecule has 0 unspecified atom stereocenters. The monoisotopic (exact) mass is 339 g/mol. The van der Waals surface area contributed by atoms with Gasteiger partial charge in [0.05, 0.1) is 11.0 Å². The van der Waals surface area contributed by atoms with Crippen molar-refractivity contribution < 1.29 is 9.53 Å². The highest BCUT2D eigenvalue weighted by Gasteiger charge is 2.06. The molecule has 1 amide bonds. The van der Waals surface area contributed by atoms with E-state index in [2.05, 4.69) is 10.3 Å². The number of aromatic amines is 1. The highest BCUT2D eigenvalue weighted by molar-refractivity contribution is 5.77. The van der Waals surface area contributed by atoms with E-state index in [0.717, 1.165) is 16.6 Å². The molecule has 0 saturated carbocycles. The number of H-pyrrole nitrogens is 1. The van der Waals surface area contributed by atoms with Gasteiger partial charge in [0, 0.05) is 13.1 Å². The number of imidazole rings is 1. The third kappa shape index (κ3) is 4.29. The first-order chi connectivity index (χ1) is 12.1. The van der Waals surface area contributed by atoms with Crippen molar-refractivity contribution in [3.8, 4) is 5.75 Å². The average Bonchev–Trinajstić information content (AvgIpc) is 2.93. The van der Waals surface area contributed by atoms with Gasteiger partial charge in [-0.1, -0.05) is 29.8 Å². The van der Waals surface area contributed by atoms with Crippen molar-refractivity contribution in [2.45, 2.75) is 19.9 Å². The van der Waals surface area contributed by atoms with Crippen LogP contribution in [0.5, 0.6) is 5.75 Å². The Bertz CT molecular complexity index is 910. The summed E-state index contributed by atoms with van der Waals surface area (Å²) in [5.41, 5.74) is 2.71. The van der Waals surface area contributed by atoms with Gasteiger partial charge in [-0.25, -0.2) is 4.79 Å². The minimum absolute atomic E-state index is 0.0178. The first kappa shape index (κ1) is 16.8. The number of rotatable bonds is 7. The molecule has 0 aliphatic carbocycles. The summed E-state index contributed by atoms with van der Waals surface area (Å²) < 4.78 is 7.12. The number of ether oxygens (including phenoxy) is 1. The molecule has 0 radical (unpaired) electrons. The summed E-state index contributed by atoms with van der Waals surface area (Å²) in [6.07, 6.45) is 0.665. The molecule has 25 heavy (non-hydrogen) atoms. The summed E-state index contributed by atoms with van der Waals surface area (Å²) in [5.74, 6) is 0.498. The Labute approximate surface area is 145 Å². The Morgan fingerprint density at radius 2 is 1.92 bits per heavy atom. The smallest absolute Gasteiger partial charge is 0.326 e. The topological polar surface area (TPSA) is 76.1 Å². The molecule has 3 rings (SSSR count). The van der Waals surface area contributed by atoms with Crippen LogP contribution in [0.25, 0.3) is 11.0 Å². The fourth-order valence-corrected chi connectivity index (χ4v) is 2.63. The van der Waals surface area contributed by atoms with E-state index in [-0.39, 0.29) is 18.2 Å². The van der Waals surface area contributed by atoms with Crippen molar-refractivity contribution in [1.29, 1.82) is 0 Å². The number of carbonyl (C=O) groups excluding carboxylic acids is 1. The van der Waals surface area contributed by atoms with Crippen LogP contribution in [0.15, 0.2) is 53.3 Å². The average molecular weight is 339 g/mol. The minimum atomic E-state index is -0.174. The number of nitrogens with one attached hydrogen (secondary N) is 2. The highest BCUT2D eigenvalue weighted by Crippen LogP contribution is 2.11. The maximum absolute atomic E-state index is 12.0. The molecule has 0 fully saturated rings. The summed E-state index contributed by atoms with van der Waals surface area (Å²) in [7, 11) is 0. The quantitative estimate of drug-likeness (QED) is 0.648. The molecule has 3 aromatic rings. The van der Waals surface area contributed by atoms with Gasteiger partial charge in [-0.2, -0.15) is 0 Å². The fraction of sp³-hybridized carbons (Fsp3) is 0.263. The van der Waals surface area contributed by atoms with Gasteiger partial charge in [0.1, 0.15) is 5.75 Å². The molecule has 0 aliphatic heterocycles. The van der Waals surface area contributed by atoms with E-state index >= 15 is 0 Å². The minimum Gasteiger partial charge on any atom is -0.484 e. The molecule has 1 aromatic heterocycles. The molecule has 1 heterocycles. The van der Waals surface area contributed by atoms with Gasteiger partial charge >= 0.3 is 5.69 Å². The number of hydrogen-bond donors (Lipinski definition) is 2. The standard InChI is InChI=1S/C19H21N3O3/c1-14-7-9-15(10-8-14)25-13-18(23)20-11-4-12-22-17-6-3-2-5-16(17)21-19(22)24/h2-3,5-10H,4,11-13H2,1H3,(H,20,23)(H,21,24). The van der Waals surface area contributed by atoms with Crippen molar-refractivity contribution in [2.24, 2.45) is 0 Å². The van der Waals surface area contributed by atoms with E-state index in [1.807, 2.05) is 55.5 Å². The molecule has 2 N–H and O–H groups in total. The zero-order valence-corrected chi connectivity index (χ0v) is 14.1. The number of carbonyl (C=O) groups is 1. The normalized spacial score (nSPS) is 10.8. The summed E-state index contributed by atoms with van der Waals surface area (Å²) in [4.78, 5) is 26.6. The van der Waals surface area contributed by atoms with E-state index in [9.17, 15) is 9.59 Å². The molecular weight excluding hydrogens is 318 g/mol. The molecule has 130 valence electrons. The van der Waals surface area contributed by atoms with Crippen molar-refractivity contribution >= 4 is 16.9 Å². The number of hydrogen-bond acceptors (Lipinski definition) is 3. The van der Waals surface area contributed by atoms with Crippen molar-refractivity contribution in [3.63, 3.8) is 0 Å². The second-order valence-corrected chi connectivity index (χ2v) is 5.90. The van der Waals surface area contributed by atoms with Crippen LogP contribution < -0.4 is 15.7 Å². The van der Waals surface area contributed by atoms with Crippen molar-refractivity contribution in [2.75, 3.05) is 13.2 Å². The molecule has 0 atom stereocenters. The van der Waals surface area contributed by atoms with Gasteiger partial charge in [-0.05, 0) is 37.6 Å². The molecule has 0 saturated heterocycles. The van der Waals surface area contributed by atoms with Gasteiger partial charge in [0.15, 0.2) is 6.61 Å². The molecule has 0 spiro atoms. The predicted molar refractivity (Wildman–Crippen MR) is 96.9 cm³/mol. The van der Waals surface area contributed by atoms with Crippen molar-refractivity contribution in [1.82, 2.24) is 14.9 Å². The van der Waals surface area contributed by atoms with Gasteiger partial charge < -0.3 is 15.0 Å². The largest absolute Gasteiger partial charge is 0.484 e. The lowest BCUT2D eigenvalue weighted by molar-refractivity contribution is -0.123. The molecule has 6 nitrogen and oxygen atoms in total. The number of aromatic nitrogens is 2. The van der Waals surface area contributed by atoms with Gasteiger partial charge in [-0.15, -0.1) is 0 Å². The number of amides is 1. The Balaban J connectivity index is 1.43. The Hall–Kier alpha value is -3.02. The van der Waals surface area contributed by atoms with E-state index in [1.165, 1.54) is 0 Å². The summed E-state index contributed by atoms with van der Waals surface area (Å²) in [5, 5.41) is 2.80. The van der Waals surface area contributed by atoms with Crippen LogP contribution in [0.1, 0.15) is 12.0 Å². The van der Waals surface area contributed by atoms with Crippen LogP contribution in [0.3, 0.4) is 0 Å². The highest BCUT2D eigenvalue weighted by atomic mass is 16.5. The van der Waals surface area contributed by atoms with Crippen LogP contribution in [-0.2, 0) is 11.3 Å². The van der Waals surface area contributed by atoms with Gasteiger partial charge in [0.2, 0.25) is 0 Å². The summed E-state index contributed by atoms with van der Waals surface area (Å²) in [6.45, 7) is 3.01. The van der Waals surface area contributed by atoms with Crippen LogP contribution in [-0.4, -0.2) is 28.6 Å². The fourth-order valence-electron chi connectivity index (χ4n) is 2.63. The number of nitrogens with zero attached hydrogens (tertiary/aromatic N) is 1. The molecule has 0 aliphatic rings. The van der Waals surface area contributed by atoms with Gasteiger partial charge in [0.25, 0.3) is 5.91 Å². The summed E-state index contributed by atoms with van der Waals surface area (Å²) >= 11 is 0. The van der Waals surface area contributed by atoms with E-state index in [4.69, 9.17) is 4.74 Å². The molecule has 6 heteroatoms. The molecular formula is C19H21N3O3. The van der Waals surface area contributed by atoms with Crippen LogP contribution in [0, 0.1) is 6.92 Å². The van der Waals surface area contributed by atoms with Crippen molar-refractivity contribution in [3.05, 3.63) is 64.6 Å². The van der Waals surface area contributed by atoms with E-state index < -0.39 is 0 Å². The lowest BCUT2D eigenvalue weighted by Gasteiger charge is -2.08. The Kier molecular flexibility index (Phi) is 5.18. The second kappa shape index (κ2) is 7.70. The van der Waals surface area contributed by atoms with Crippen LogP contribution >= 0.6 is 0 Å². The van der Waals surface area contributed by atoms with E-state index in [0.29, 0.717) is 25.3 Å². The molecule has 0 bridgehead atoms. The first-order valence-electron chi connectivity index (χ1n) is 8.27. The van der Waals surface area contributed by atoms with Crippen LogP contribution in [0.4, 0.5) is 0 Å². The number of aryl methyl sites for hydroxylation is 2. The first-order valence-corrected chi connectivity index (χ1v) is 8.27. The third-order valence-electron chi connectivity index (χ3n) is 3.95. The van der Waals surface area contributed by atoms with Gasteiger partial charge in [-0.3, -0.25) is 9.36 Å². The van der Waals surface area contributed by atoms with Crippen LogP contribution in [0.2, 0.25) is 0 Å². The Morgan fingerprint density at radius 1 is 1.16 bits per heavy atom. The zero-order valence-electron chi connectivity index (χ0n) is 14.1. The lowest BCUT2D eigenvalue weighted by atomic mass is 10.2. The number of para-hydroxylation sites is 2. The number of benzene rings is 2. The third-order valence-corrected chi connectivity index (χ3v) is 3.95. The Morgan fingerprint density at radius 3 is 2.72 bits per heavy atom. The maximum Gasteiger partial charge on any atom is 0.326 e. The SMILES string of the molecule is Cc1ccc(OCC(=O)NCCCn2c(=O)[nH]c3ccccc32)cc1. The molecule has 2 aromatic carbocycles. The van der Waals surface area contributed by atoms with E-state index in [1.54, 1.807) is 4.57 Å².